The quantitative estimate of drug-likeness (QED) is 0.372. The highest BCUT2D eigenvalue weighted by Crippen LogP contribution is 2.42. The monoisotopic (exact) mass is 484 g/mol. The lowest BCUT2D eigenvalue weighted by Gasteiger charge is -2.14. The maximum absolute atomic E-state index is 14.1. The lowest BCUT2D eigenvalue weighted by Crippen LogP contribution is -2.25. The van der Waals surface area contributed by atoms with Crippen LogP contribution in [0.5, 0.6) is 0 Å². The van der Waals surface area contributed by atoms with Crippen molar-refractivity contribution in [1.29, 1.82) is 0 Å². The van der Waals surface area contributed by atoms with Crippen LogP contribution in [0.4, 0.5) is 19.0 Å². The fraction of sp³-hybridized carbons (Fsp3) is 0.0870. The molecule has 0 radical (unpaired) electrons. The van der Waals surface area contributed by atoms with E-state index in [-0.39, 0.29) is 10.5 Å². The lowest BCUT2D eigenvalue weighted by molar-refractivity contribution is -0.136. The first-order chi connectivity index (χ1) is 16.2. The van der Waals surface area contributed by atoms with Crippen molar-refractivity contribution in [3.8, 4) is 11.4 Å². The van der Waals surface area contributed by atoms with Crippen molar-refractivity contribution in [3.63, 3.8) is 0 Å². The Balaban J connectivity index is 1.87. The predicted octanol–water partition coefficient (Wildman–Crippen LogP) is 4.78. The van der Waals surface area contributed by atoms with Crippen LogP contribution in [0.1, 0.15) is 15.2 Å². The van der Waals surface area contributed by atoms with E-state index in [0.29, 0.717) is 16.9 Å². The number of benzene rings is 2. The van der Waals surface area contributed by atoms with Gasteiger partial charge in [-0.05, 0) is 30.3 Å². The molecule has 0 saturated carbocycles. The van der Waals surface area contributed by atoms with E-state index in [0.717, 1.165) is 22.8 Å². The van der Waals surface area contributed by atoms with Crippen molar-refractivity contribution in [2.24, 2.45) is 0 Å². The standard InChI is InChI=1S/C23H15F3N4O3S/c1-33-22(32)18-16(23(24,25)26)17-20(34-18)28-19(27)21(31)30(17)14-8-7-12-9-10-29(15(12)11-14)13-5-3-2-4-6-13/h2-11H,1H3,(H2,27,28). The molecule has 5 rings (SSSR count). The fourth-order valence-electron chi connectivity index (χ4n) is 3.88. The number of anilines is 1. The van der Waals surface area contributed by atoms with E-state index >= 15 is 0 Å². The van der Waals surface area contributed by atoms with Gasteiger partial charge in [-0.2, -0.15) is 13.2 Å². The van der Waals surface area contributed by atoms with Crippen molar-refractivity contribution < 1.29 is 22.7 Å². The van der Waals surface area contributed by atoms with E-state index in [9.17, 15) is 22.8 Å². The highest BCUT2D eigenvalue weighted by Gasteiger charge is 2.42. The van der Waals surface area contributed by atoms with Gasteiger partial charge in [0.05, 0.1) is 23.8 Å². The molecule has 2 N–H and O–H groups in total. The van der Waals surface area contributed by atoms with Gasteiger partial charge in [0, 0.05) is 17.3 Å². The molecular weight excluding hydrogens is 469 g/mol. The summed E-state index contributed by atoms with van der Waals surface area (Å²) < 4.78 is 49.7. The smallest absolute Gasteiger partial charge is 0.420 e. The molecule has 0 fully saturated rings. The first kappa shape index (κ1) is 21.7. The topological polar surface area (TPSA) is 92.1 Å². The van der Waals surface area contributed by atoms with Crippen molar-refractivity contribution in [1.82, 2.24) is 14.1 Å². The van der Waals surface area contributed by atoms with Crippen LogP contribution in [-0.4, -0.2) is 27.2 Å². The molecule has 2 aromatic carbocycles. The van der Waals surface area contributed by atoms with Gasteiger partial charge in [0.15, 0.2) is 5.82 Å². The van der Waals surface area contributed by atoms with E-state index in [1.54, 1.807) is 12.1 Å². The number of methoxy groups -OCH3 is 1. The number of carbonyl (C=O) groups excluding carboxylic acids is 1. The summed E-state index contributed by atoms with van der Waals surface area (Å²) in [6, 6.07) is 16.0. The Kier molecular flexibility index (Phi) is 4.94. The molecule has 0 amide bonds. The van der Waals surface area contributed by atoms with E-state index < -0.39 is 39.5 Å². The van der Waals surface area contributed by atoms with Crippen LogP contribution in [0, 0.1) is 0 Å². The number of ether oxygens (including phenoxy) is 1. The van der Waals surface area contributed by atoms with Crippen molar-refractivity contribution in [2.75, 3.05) is 12.8 Å². The molecule has 0 bridgehead atoms. The van der Waals surface area contributed by atoms with Gasteiger partial charge in [0.2, 0.25) is 0 Å². The van der Waals surface area contributed by atoms with Gasteiger partial charge in [-0.1, -0.05) is 24.3 Å². The van der Waals surface area contributed by atoms with Gasteiger partial charge in [-0.15, -0.1) is 11.3 Å². The number of hydrogen-bond donors (Lipinski definition) is 1. The minimum Gasteiger partial charge on any atom is -0.465 e. The number of fused-ring (bicyclic) bond motifs is 2. The van der Waals surface area contributed by atoms with Crippen LogP contribution in [0.15, 0.2) is 65.6 Å². The van der Waals surface area contributed by atoms with E-state index in [1.807, 2.05) is 47.2 Å². The number of halogens is 3. The molecule has 34 heavy (non-hydrogen) atoms. The summed E-state index contributed by atoms with van der Waals surface area (Å²) in [5, 5.41) is 0.815. The van der Waals surface area contributed by atoms with Gasteiger partial charge in [0.1, 0.15) is 15.3 Å². The predicted molar refractivity (Wildman–Crippen MR) is 123 cm³/mol. The summed E-state index contributed by atoms with van der Waals surface area (Å²) in [6.07, 6.45) is -3.13. The number of hydrogen-bond acceptors (Lipinski definition) is 6. The highest BCUT2D eigenvalue weighted by atomic mass is 32.1. The third-order valence-electron chi connectivity index (χ3n) is 5.36. The molecule has 7 nitrogen and oxygen atoms in total. The number of carbonyl (C=O) groups is 1. The number of nitrogens with two attached hydrogens (primary N) is 1. The molecule has 172 valence electrons. The maximum atomic E-state index is 14.1. The van der Waals surface area contributed by atoms with E-state index in [1.165, 1.54) is 6.07 Å². The molecule has 0 aliphatic heterocycles. The average Bonchev–Trinajstić information content (AvgIpc) is 3.41. The molecule has 11 heteroatoms. The average molecular weight is 484 g/mol. The Hall–Kier alpha value is -4.12. The minimum atomic E-state index is -4.96. The fourth-order valence-corrected chi connectivity index (χ4v) is 4.99. The van der Waals surface area contributed by atoms with Crippen LogP contribution >= 0.6 is 11.3 Å². The molecule has 0 aliphatic rings. The molecule has 0 aliphatic carbocycles. The third kappa shape index (κ3) is 3.32. The van der Waals surface area contributed by atoms with E-state index in [4.69, 9.17) is 5.73 Å². The Bertz CT molecular complexity index is 1640. The number of alkyl halides is 3. The highest BCUT2D eigenvalue weighted by molar-refractivity contribution is 7.20. The van der Waals surface area contributed by atoms with Crippen LogP contribution < -0.4 is 11.3 Å². The van der Waals surface area contributed by atoms with Gasteiger partial charge < -0.3 is 15.0 Å². The molecule has 0 saturated heterocycles. The zero-order valence-electron chi connectivity index (χ0n) is 17.5. The molecular formula is C23H15F3N4O3S. The van der Waals surface area contributed by atoms with Gasteiger partial charge in [-0.3, -0.25) is 9.36 Å². The van der Waals surface area contributed by atoms with E-state index in [2.05, 4.69) is 9.72 Å². The SMILES string of the molecule is COC(=O)c1sc2nc(N)c(=O)n(-c3ccc4ccn(-c5ccccc5)c4c3)c2c1C(F)(F)F. The summed E-state index contributed by atoms with van der Waals surface area (Å²) in [4.78, 5) is 28.1. The summed E-state index contributed by atoms with van der Waals surface area (Å²) in [5.74, 6) is -1.67. The number of nitrogen functional groups attached to an aromatic ring is 1. The van der Waals surface area contributed by atoms with Crippen molar-refractivity contribution in [3.05, 3.63) is 81.6 Å². The zero-order valence-corrected chi connectivity index (χ0v) is 18.3. The number of nitrogens with zero attached hydrogens (tertiary/aromatic N) is 3. The van der Waals surface area contributed by atoms with Gasteiger partial charge >= 0.3 is 12.1 Å². The Morgan fingerprint density at radius 3 is 2.50 bits per heavy atom. The largest absolute Gasteiger partial charge is 0.465 e. The Morgan fingerprint density at radius 1 is 1.09 bits per heavy atom. The number of aromatic nitrogens is 3. The Morgan fingerprint density at radius 2 is 1.82 bits per heavy atom. The number of esters is 1. The summed E-state index contributed by atoms with van der Waals surface area (Å²) in [7, 11) is 0.980. The summed E-state index contributed by atoms with van der Waals surface area (Å²) in [6.45, 7) is 0. The first-order valence-corrected chi connectivity index (χ1v) is 10.7. The van der Waals surface area contributed by atoms with Gasteiger partial charge in [0.25, 0.3) is 5.56 Å². The first-order valence-electron chi connectivity index (χ1n) is 9.88. The molecule has 3 heterocycles. The molecule has 5 aromatic rings. The maximum Gasteiger partial charge on any atom is 0.420 e. The number of thiophene rings is 1. The van der Waals surface area contributed by atoms with Gasteiger partial charge in [-0.25, -0.2) is 9.78 Å². The lowest BCUT2D eigenvalue weighted by atomic mass is 10.2. The minimum absolute atomic E-state index is 0.146. The van der Waals surface area contributed by atoms with Crippen LogP contribution in [0.25, 0.3) is 32.6 Å². The molecule has 0 atom stereocenters. The summed E-state index contributed by atoms with van der Waals surface area (Å²) >= 11 is 0.470. The van der Waals surface area contributed by atoms with Crippen LogP contribution in [-0.2, 0) is 10.9 Å². The number of rotatable bonds is 3. The second-order valence-corrected chi connectivity index (χ2v) is 8.35. The molecule has 3 aromatic heterocycles. The zero-order chi connectivity index (χ0) is 24.2. The third-order valence-corrected chi connectivity index (χ3v) is 6.41. The van der Waals surface area contributed by atoms with Crippen LogP contribution in [0.2, 0.25) is 0 Å². The second-order valence-electron chi connectivity index (χ2n) is 7.35. The molecule has 0 spiro atoms. The normalized spacial score (nSPS) is 11.9. The second kappa shape index (κ2) is 7.73. The Labute approximate surface area is 193 Å². The molecule has 0 unspecified atom stereocenters. The number of para-hydroxylation sites is 1. The summed E-state index contributed by atoms with van der Waals surface area (Å²) in [5.41, 5.74) is 4.65. The van der Waals surface area contributed by atoms with Crippen molar-refractivity contribution >= 4 is 44.4 Å². The van der Waals surface area contributed by atoms with Crippen molar-refractivity contribution in [2.45, 2.75) is 6.18 Å². The van der Waals surface area contributed by atoms with Crippen LogP contribution in [0.3, 0.4) is 0 Å².